The zero-order valence-electron chi connectivity index (χ0n) is 15.5. The number of nitrogens with zero attached hydrogens (tertiary/aromatic N) is 1. The number of amides is 2. The Balaban J connectivity index is 1.46. The number of anilines is 1. The van der Waals surface area contributed by atoms with Crippen molar-refractivity contribution >= 4 is 17.5 Å². The molecule has 0 spiro atoms. The highest BCUT2D eigenvalue weighted by molar-refractivity contribution is 5.97. The van der Waals surface area contributed by atoms with E-state index in [1.165, 1.54) is 0 Å². The van der Waals surface area contributed by atoms with E-state index in [-0.39, 0.29) is 30.7 Å². The molecule has 3 aromatic rings. The highest BCUT2D eigenvalue weighted by Crippen LogP contribution is 2.34. The minimum atomic E-state index is -0.292. The monoisotopic (exact) mass is 376 g/mol. The fourth-order valence-corrected chi connectivity index (χ4v) is 3.09. The lowest BCUT2D eigenvalue weighted by Gasteiger charge is -2.29. The summed E-state index contributed by atoms with van der Waals surface area (Å²) in [6, 6.07) is 18.7. The SMILES string of the molecule is Cc1ccc2c(c1)N(Cc1ccc(C(=O)NCc3ccccc3)o1)C(=O)CO2. The molecular weight excluding hydrogens is 356 g/mol. The van der Waals surface area contributed by atoms with E-state index in [0.29, 0.717) is 23.7 Å². The molecule has 0 bridgehead atoms. The molecule has 6 heteroatoms. The van der Waals surface area contributed by atoms with Gasteiger partial charge in [0.15, 0.2) is 12.4 Å². The molecule has 0 saturated carbocycles. The van der Waals surface area contributed by atoms with Gasteiger partial charge in [-0.2, -0.15) is 0 Å². The van der Waals surface area contributed by atoms with E-state index in [2.05, 4.69) is 5.32 Å². The smallest absolute Gasteiger partial charge is 0.287 e. The molecule has 0 unspecified atom stereocenters. The summed E-state index contributed by atoms with van der Waals surface area (Å²) >= 11 is 0. The lowest BCUT2D eigenvalue weighted by atomic mass is 10.1. The number of carbonyl (C=O) groups is 2. The minimum Gasteiger partial charge on any atom is -0.482 e. The van der Waals surface area contributed by atoms with E-state index in [0.717, 1.165) is 11.1 Å². The average Bonchev–Trinajstić information content (AvgIpc) is 3.18. The molecule has 0 saturated heterocycles. The van der Waals surface area contributed by atoms with Gasteiger partial charge in [-0.25, -0.2) is 0 Å². The Hall–Kier alpha value is -3.54. The highest BCUT2D eigenvalue weighted by Gasteiger charge is 2.27. The maximum absolute atomic E-state index is 12.4. The highest BCUT2D eigenvalue weighted by atomic mass is 16.5. The molecule has 1 N–H and O–H groups in total. The van der Waals surface area contributed by atoms with Crippen molar-refractivity contribution in [3.05, 3.63) is 83.3 Å². The molecule has 0 atom stereocenters. The van der Waals surface area contributed by atoms with Crippen LogP contribution in [0.5, 0.6) is 5.75 Å². The summed E-state index contributed by atoms with van der Waals surface area (Å²) in [7, 11) is 0. The van der Waals surface area contributed by atoms with Gasteiger partial charge in [0.1, 0.15) is 11.5 Å². The largest absolute Gasteiger partial charge is 0.482 e. The third-order valence-electron chi connectivity index (χ3n) is 4.55. The van der Waals surface area contributed by atoms with Gasteiger partial charge < -0.3 is 14.5 Å². The standard InChI is InChI=1S/C22H20N2O4/c1-15-7-9-19-18(11-15)24(21(25)14-27-19)13-17-8-10-20(28-17)22(26)23-12-16-5-3-2-4-6-16/h2-11H,12-14H2,1H3,(H,23,26). The van der Waals surface area contributed by atoms with Crippen molar-refractivity contribution in [3.63, 3.8) is 0 Å². The van der Waals surface area contributed by atoms with Crippen LogP contribution in [0.15, 0.2) is 65.1 Å². The average molecular weight is 376 g/mol. The third-order valence-corrected chi connectivity index (χ3v) is 4.55. The zero-order chi connectivity index (χ0) is 19.5. The summed E-state index contributed by atoms with van der Waals surface area (Å²) in [4.78, 5) is 26.3. The van der Waals surface area contributed by atoms with Crippen molar-refractivity contribution in [1.29, 1.82) is 0 Å². The van der Waals surface area contributed by atoms with E-state index in [1.807, 2.05) is 55.5 Å². The molecule has 4 rings (SSSR count). The van der Waals surface area contributed by atoms with Crippen molar-refractivity contribution in [2.75, 3.05) is 11.5 Å². The quantitative estimate of drug-likeness (QED) is 0.740. The number of aryl methyl sites for hydroxylation is 1. The normalized spacial score (nSPS) is 13.0. The Labute approximate surface area is 162 Å². The molecule has 1 aliphatic heterocycles. The van der Waals surface area contributed by atoms with Gasteiger partial charge in [0.25, 0.3) is 11.8 Å². The molecular formula is C22H20N2O4. The topological polar surface area (TPSA) is 71.8 Å². The molecule has 28 heavy (non-hydrogen) atoms. The summed E-state index contributed by atoms with van der Waals surface area (Å²) in [5.41, 5.74) is 2.75. The van der Waals surface area contributed by atoms with Crippen LogP contribution in [-0.4, -0.2) is 18.4 Å². The number of furan rings is 1. The lowest BCUT2D eigenvalue weighted by Crippen LogP contribution is -2.38. The number of nitrogens with one attached hydrogen (secondary N) is 1. The number of ether oxygens (including phenoxy) is 1. The van der Waals surface area contributed by atoms with E-state index in [9.17, 15) is 9.59 Å². The van der Waals surface area contributed by atoms with Crippen LogP contribution >= 0.6 is 0 Å². The summed E-state index contributed by atoms with van der Waals surface area (Å²) in [5.74, 6) is 0.977. The van der Waals surface area contributed by atoms with Gasteiger partial charge in [-0.3, -0.25) is 14.5 Å². The summed E-state index contributed by atoms with van der Waals surface area (Å²) in [5, 5.41) is 2.83. The van der Waals surface area contributed by atoms with Crippen molar-refractivity contribution in [2.45, 2.75) is 20.0 Å². The van der Waals surface area contributed by atoms with Crippen LogP contribution in [0.4, 0.5) is 5.69 Å². The molecule has 0 radical (unpaired) electrons. The number of hydrogen-bond donors (Lipinski definition) is 1. The molecule has 2 amide bonds. The fraction of sp³-hybridized carbons (Fsp3) is 0.182. The van der Waals surface area contributed by atoms with Crippen molar-refractivity contribution in [3.8, 4) is 5.75 Å². The molecule has 142 valence electrons. The van der Waals surface area contributed by atoms with Gasteiger partial charge in [-0.05, 0) is 42.3 Å². The first-order chi connectivity index (χ1) is 13.6. The summed E-state index contributed by atoms with van der Waals surface area (Å²) < 4.78 is 11.2. The van der Waals surface area contributed by atoms with Gasteiger partial charge in [-0.15, -0.1) is 0 Å². The molecule has 0 fully saturated rings. The minimum absolute atomic E-state index is 0.0127. The van der Waals surface area contributed by atoms with Crippen LogP contribution in [0.25, 0.3) is 0 Å². The van der Waals surface area contributed by atoms with Crippen LogP contribution in [0.2, 0.25) is 0 Å². The molecule has 0 aliphatic carbocycles. The van der Waals surface area contributed by atoms with Crippen molar-refractivity contribution in [1.82, 2.24) is 5.32 Å². The van der Waals surface area contributed by atoms with E-state index in [1.54, 1.807) is 17.0 Å². The summed E-state index contributed by atoms with van der Waals surface area (Å²) in [6.45, 7) is 2.61. The second-order valence-electron chi connectivity index (χ2n) is 6.67. The van der Waals surface area contributed by atoms with Crippen LogP contribution in [0, 0.1) is 6.92 Å². The molecule has 1 aliphatic rings. The van der Waals surface area contributed by atoms with Crippen molar-refractivity contribution in [2.24, 2.45) is 0 Å². The Morgan fingerprint density at radius 1 is 1.11 bits per heavy atom. The van der Waals surface area contributed by atoms with Gasteiger partial charge in [0, 0.05) is 6.54 Å². The molecule has 2 aromatic carbocycles. The van der Waals surface area contributed by atoms with E-state index < -0.39 is 0 Å². The molecule has 1 aromatic heterocycles. The molecule has 6 nitrogen and oxygen atoms in total. The number of rotatable bonds is 5. The predicted molar refractivity (Wildman–Crippen MR) is 104 cm³/mol. The first-order valence-corrected chi connectivity index (χ1v) is 9.05. The third kappa shape index (κ3) is 3.76. The Morgan fingerprint density at radius 3 is 2.75 bits per heavy atom. The van der Waals surface area contributed by atoms with Crippen LogP contribution in [0.3, 0.4) is 0 Å². The summed E-state index contributed by atoms with van der Waals surface area (Å²) in [6.07, 6.45) is 0. The first kappa shape index (κ1) is 17.9. The maximum Gasteiger partial charge on any atom is 0.287 e. The second kappa shape index (κ2) is 7.60. The van der Waals surface area contributed by atoms with E-state index in [4.69, 9.17) is 9.15 Å². The lowest BCUT2D eigenvalue weighted by molar-refractivity contribution is -0.121. The molecule has 2 heterocycles. The number of benzene rings is 2. The first-order valence-electron chi connectivity index (χ1n) is 9.05. The van der Waals surface area contributed by atoms with Crippen molar-refractivity contribution < 1.29 is 18.7 Å². The number of fused-ring (bicyclic) bond motifs is 1. The van der Waals surface area contributed by atoms with Gasteiger partial charge in [-0.1, -0.05) is 36.4 Å². The van der Waals surface area contributed by atoms with Gasteiger partial charge in [0.05, 0.1) is 12.2 Å². The van der Waals surface area contributed by atoms with Gasteiger partial charge in [0.2, 0.25) is 0 Å². The van der Waals surface area contributed by atoms with Gasteiger partial charge >= 0.3 is 0 Å². The number of hydrogen-bond acceptors (Lipinski definition) is 4. The second-order valence-corrected chi connectivity index (χ2v) is 6.67. The fourth-order valence-electron chi connectivity index (χ4n) is 3.09. The van der Waals surface area contributed by atoms with Crippen LogP contribution in [-0.2, 0) is 17.9 Å². The number of carbonyl (C=O) groups excluding carboxylic acids is 2. The Bertz CT molecular complexity index is 1010. The van der Waals surface area contributed by atoms with Crippen LogP contribution in [0.1, 0.15) is 27.4 Å². The zero-order valence-corrected chi connectivity index (χ0v) is 15.5. The van der Waals surface area contributed by atoms with E-state index >= 15 is 0 Å². The van der Waals surface area contributed by atoms with Crippen LogP contribution < -0.4 is 15.0 Å². The predicted octanol–water partition coefficient (Wildman–Crippen LogP) is 3.44. The Morgan fingerprint density at radius 2 is 1.93 bits per heavy atom. The maximum atomic E-state index is 12.4. The Kier molecular flexibility index (Phi) is 4.85.